The summed E-state index contributed by atoms with van der Waals surface area (Å²) in [5.74, 6) is 1.03. The van der Waals surface area contributed by atoms with Gasteiger partial charge in [0.25, 0.3) is 0 Å². The molecule has 1 aromatic rings. The third-order valence-corrected chi connectivity index (χ3v) is 3.01. The van der Waals surface area contributed by atoms with Crippen molar-refractivity contribution in [1.29, 1.82) is 0 Å². The van der Waals surface area contributed by atoms with Crippen LogP contribution in [0.1, 0.15) is 19.3 Å². The lowest BCUT2D eigenvalue weighted by molar-refractivity contribution is -0.124. The summed E-state index contributed by atoms with van der Waals surface area (Å²) >= 11 is 0. The van der Waals surface area contributed by atoms with Crippen molar-refractivity contribution in [1.82, 2.24) is 10.6 Å². The molecule has 18 heavy (non-hydrogen) atoms. The summed E-state index contributed by atoms with van der Waals surface area (Å²) < 4.78 is 5.58. The Kier molecular flexibility index (Phi) is 5.02. The monoisotopic (exact) mass is 248 g/mol. The van der Waals surface area contributed by atoms with Gasteiger partial charge in [-0.2, -0.15) is 0 Å². The lowest BCUT2D eigenvalue weighted by atomic mass is 10.1. The van der Waals surface area contributed by atoms with E-state index in [1.165, 1.54) is 0 Å². The van der Waals surface area contributed by atoms with Gasteiger partial charge in [0.15, 0.2) is 0 Å². The highest BCUT2D eigenvalue weighted by Crippen LogP contribution is 2.08. The van der Waals surface area contributed by atoms with E-state index in [4.69, 9.17) is 4.74 Å². The van der Waals surface area contributed by atoms with Crippen LogP contribution in [0.4, 0.5) is 0 Å². The normalized spacial score (nSPS) is 19.3. The second-order valence-corrected chi connectivity index (χ2v) is 4.46. The molecule has 98 valence electrons. The molecule has 1 aromatic carbocycles. The van der Waals surface area contributed by atoms with Gasteiger partial charge in [0, 0.05) is 6.54 Å². The summed E-state index contributed by atoms with van der Waals surface area (Å²) in [5.41, 5.74) is 0. The van der Waals surface area contributed by atoms with Gasteiger partial charge in [-0.05, 0) is 37.9 Å². The van der Waals surface area contributed by atoms with E-state index in [0.717, 1.165) is 38.1 Å². The molecule has 0 aromatic heterocycles. The Balaban J connectivity index is 1.57. The Morgan fingerprint density at radius 3 is 2.94 bits per heavy atom. The lowest BCUT2D eigenvalue weighted by Crippen LogP contribution is -2.48. The van der Waals surface area contributed by atoms with E-state index < -0.39 is 0 Å². The van der Waals surface area contributed by atoms with Gasteiger partial charge in [0.05, 0.1) is 12.6 Å². The SMILES string of the molecule is O=C1NCCCC1NCCCOc1ccccc1. The first kappa shape index (κ1) is 12.9. The number of amides is 1. The number of nitrogens with one attached hydrogen (secondary N) is 2. The summed E-state index contributed by atoms with van der Waals surface area (Å²) in [6.07, 6.45) is 2.90. The number of benzene rings is 1. The minimum Gasteiger partial charge on any atom is -0.494 e. The highest BCUT2D eigenvalue weighted by Gasteiger charge is 2.20. The molecule has 4 heteroatoms. The Bertz CT molecular complexity index is 367. The predicted molar refractivity (Wildman–Crippen MR) is 70.6 cm³/mol. The Labute approximate surface area is 108 Å². The molecule has 0 aliphatic carbocycles. The van der Waals surface area contributed by atoms with Crippen LogP contribution in [0, 0.1) is 0 Å². The highest BCUT2D eigenvalue weighted by molar-refractivity contribution is 5.82. The topological polar surface area (TPSA) is 50.4 Å². The number of hydrogen-bond donors (Lipinski definition) is 2. The van der Waals surface area contributed by atoms with Gasteiger partial charge < -0.3 is 15.4 Å². The maximum absolute atomic E-state index is 11.5. The molecule has 1 amide bonds. The lowest BCUT2D eigenvalue weighted by Gasteiger charge is -2.22. The van der Waals surface area contributed by atoms with Gasteiger partial charge in [0.1, 0.15) is 5.75 Å². The Hall–Kier alpha value is -1.55. The maximum Gasteiger partial charge on any atom is 0.237 e. The van der Waals surface area contributed by atoms with E-state index in [-0.39, 0.29) is 11.9 Å². The molecule has 1 heterocycles. The van der Waals surface area contributed by atoms with Crippen molar-refractivity contribution in [3.05, 3.63) is 30.3 Å². The molecule has 0 spiro atoms. The van der Waals surface area contributed by atoms with E-state index in [1.807, 2.05) is 30.3 Å². The number of hydrogen-bond acceptors (Lipinski definition) is 3. The van der Waals surface area contributed by atoms with Crippen LogP contribution in [0.25, 0.3) is 0 Å². The number of rotatable bonds is 6. The largest absolute Gasteiger partial charge is 0.494 e. The summed E-state index contributed by atoms with van der Waals surface area (Å²) in [4.78, 5) is 11.5. The molecule has 4 nitrogen and oxygen atoms in total. The summed E-state index contributed by atoms with van der Waals surface area (Å²) in [6.45, 7) is 2.30. The third kappa shape index (κ3) is 4.04. The number of ether oxygens (including phenoxy) is 1. The van der Waals surface area contributed by atoms with E-state index in [2.05, 4.69) is 10.6 Å². The number of piperidine rings is 1. The first-order valence-corrected chi connectivity index (χ1v) is 6.55. The van der Waals surface area contributed by atoms with E-state index >= 15 is 0 Å². The van der Waals surface area contributed by atoms with Crippen molar-refractivity contribution in [3.63, 3.8) is 0 Å². The molecular weight excluding hydrogens is 228 g/mol. The Morgan fingerprint density at radius 2 is 2.17 bits per heavy atom. The molecular formula is C14H20N2O2. The summed E-state index contributed by atoms with van der Waals surface area (Å²) in [6, 6.07) is 9.76. The minimum atomic E-state index is -0.0181. The average molecular weight is 248 g/mol. The smallest absolute Gasteiger partial charge is 0.237 e. The molecule has 1 atom stereocenters. The van der Waals surface area contributed by atoms with Crippen molar-refractivity contribution in [3.8, 4) is 5.75 Å². The van der Waals surface area contributed by atoms with Crippen molar-refractivity contribution in [2.75, 3.05) is 19.7 Å². The quantitative estimate of drug-likeness (QED) is 0.747. The molecule has 2 N–H and O–H groups in total. The van der Waals surface area contributed by atoms with Crippen LogP contribution in [-0.2, 0) is 4.79 Å². The van der Waals surface area contributed by atoms with Gasteiger partial charge in [-0.15, -0.1) is 0 Å². The second-order valence-electron chi connectivity index (χ2n) is 4.46. The van der Waals surface area contributed by atoms with Crippen LogP contribution in [0.15, 0.2) is 30.3 Å². The van der Waals surface area contributed by atoms with Crippen LogP contribution in [0.2, 0.25) is 0 Å². The van der Waals surface area contributed by atoms with Crippen LogP contribution in [0.3, 0.4) is 0 Å². The highest BCUT2D eigenvalue weighted by atomic mass is 16.5. The molecule has 0 bridgehead atoms. The zero-order valence-corrected chi connectivity index (χ0v) is 10.5. The molecule has 1 unspecified atom stereocenters. The molecule has 1 aliphatic rings. The first-order valence-electron chi connectivity index (χ1n) is 6.55. The van der Waals surface area contributed by atoms with Crippen LogP contribution < -0.4 is 15.4 Å². The van der Waals surface area contributed by atoms with Crippen LogP contribution in [-0.4, -0.2) is 31.6 Å². The standard InChI is InChI=1S/C14H20N2O2/c17-14-13(8-4-9-16-14)15-10-5-11-18-12-6-2-1-3-7-12/h1-3,6-7,13,15H,4-5,8-11H2,(H,16,17). The van der Waals surface area contributed by atoms with Crippen molar-refractivity contribution in [2.24, 2.45) is 0 Å². The first-order chi connectivity index (χ1) is 8.86. The van der Waals surface area contributed by atoms with Gasteiger partial charge in [0.2, 0.25) is 5.91 Å². The summed E-state index contributed by atoms with van der Waals surface area (Å²) in [7, 11) is 0. The number of carbonyl (C=O) groups is 1. The zero-order valence-electron chi connectivity index (χ0n) is 10.5. The van der Waals surface area contributed by atoms with Gasteiger partial charge in [-0.3, -0.25) is 4.79 Å². The van der Waals surface area contributed by atoms with Crippen molar-refractivity contribution >= 4 is 5.91 Å². The van der Waals surface area contributed by atoms with E-state index in [9.17, 15) is 4.79 Å². The fourth-order valence-corrected chi connectivity index (χ4v) is 2.02. The van der Waals surface area contributed by atoms with Crippen LogP contribution >= 0.6 is 0 Å². The summed E-state index contributed by atoms with van der Waals surface area (Å²) in [5, 5.41) is 6.13. The van der Waals surface area contributed by atoms with Gasteiger partial charge >= 0.3 is 0 Å². The molecule has 2 rings (SSSR count). The number of carbonyl (C=O) groups excluding carboxylic acids is 1. The Morgan fingerprint density at radius 1 is 1.33 bits per heavy atom. The third-order valence-electron chi connectivity index (χ3n) is 3.01. The zero-order chi connectivity index (χ0) is 12.6. The predicted octanol–water partition coefficient (Wildman–Crippen LogP) is 1.32. The molecule has 0 radical (unpaired) electrons. The average Bonchev–Trinajstić information content (AvgIpc) is 2.42. The van der Waals surface area contributed by atoms with Gasteiger partial charge in [-0.1, -0.05) is 18.2 Å². The molecule has 1 saturated heterocycles. The molecule has 0 saturated carbocycles. The molecule has 1 fully saturated rings. The minimum absolute atomic E-state index is 0.0181. The van der Waals surface area contributed by atoms with E-state index in [0.29, 0.717) is 6.61 Å². The van der Waals surface area contributed by atoms with Crippen molar-refractivity contribution in [2.45, 2.75) is 25.3 Å². The van der Waals surface area contributed by atoms with Crippen LogP contribution in [0.5, 0.6) is 5.75 Å². The fraction of sp³-hybridized carbons (Fsp3) is 0.500. The van der Waals surface area contributed by atoms with Crippen molar-refractivity contribution < 1.29 is 9.53 Å². The maximum atomic E-state index is 11.5. The van der Waals surface area contributed by atoms with Gasteiger partial charge in [-0.25, -0.2) is 0 Å². The second kappa shape index (κ2) is 7.01. The molecule has 1 aliphatic heterocycles. The fourth-order valence-electron chi connectivity index (χ4n) is 2.02. The number of para-hydroxylation sites is 1. The van der Waals surface area contributed by atoms with E-state index in [1.54, 1.807) is 0 Å².